The van der Waals surface area contributed by atoms with Gasteiger partial charge >= 0.3 is 0 Å². The van der Waals surface area contributed by atoms with Gasteiger partial charge in [-0.05, 0) is 18.4 Å². The van der Waals surface area contributed by atoms with Crippen LogP contribution in [-0.2, 0) is 5.60 Å². The monoisotopic (exact) mass is 317 g/mol. The largest absolute Gasteiger partial charge is 0.395 e. The number of aliphatic hydroxyl groups excluding tert-OH is 2. The van der Waals surface area contributed by atoms with Crippen LogP contribution >= 0.6 is 0 Å². The molecular formula is C19H27NO3. The molecule has 1 aliphatic carbocycles. The zero-order valence-electron chi connectivity index (χ0n) is 13.6. The Kier molecular flexibility index (Phi) is 7.07. The average Bonchev–Trinajstić information content (AvgIpc) is 3.11. The lowest BCUT2D eigenvalue weighted by atomic mass is 9.80. The van der Waals surface area contributed by atoms with Crippen LogP contribution in [0.25, 0.3) is 0 Å². The molecule has 0 unspecified atom stereocenters. The summed E-state index contributed by atoms with van der Waals surface area (Å²) in [4.78, 5) is 1.88. The smallest absolute Gasteiger partial charge is 0.153 e. The molecule has 3 N–H and O–H groups in total. The molecule has 126 valence electrons. The molecule has 0 radical (unpaired) electrons. The highest BCUT2D eigenvalue weighted by atomic mass is 16.3. The Bertz CT molecular complexity index is 510. The summed E-state index contributed by atoms with van der Waals surface area (Å²) in [5.74, 6) is 6.35. The fourth-order valence-electron chi connectivity index (χ4n) is 3.28. The van der Waals surface area contributed by atoms with Gasteiger partial charge in [-0.15, -0.1) is 0 Å². The Hall–Kier alpha value is -1.38. The maximum atomic E-state index is 11.3. The van der Waals surface area contributed by atoms with Crippen LogP contribution in [0, 0.1) is 17.8 Å². The van der Waals surface area contributed by atoms with Crippen LogP contribution in [0.1, 0.15) is 31.2 Å². The molecule has 23 heavy (non-hydrogen) atoms. The fraction of sp³-hybridized carbons (Fsp3) is 0.579. The van der Waals surface area contributed by atoms with Gasteiger partial charge in [0.1, 0.15) is 0 Å². The lowest BCUT2D eigenvalue weighted by Gasteiger charge is -2.29. The van der Waals surface area contributed by atoms with E-state index in [1.54, 1.807) is 0 Å². The molecule has 0 aromatic heterocycles. The van der Waals surface area contributed by atoms with E-state index in [0.29, 0.717) is 19.6 Å². The number of benzene rings is 1. The minimum Gasteiger partial charge on any atom is -0.395 e. The molecule has 0 aliphatic heterocycles. The van der Waals surface area contributed by atoms with E-state index in [-0.39, 0.29) is 19.1 Å². The summed E-state index contributed by atoms with van der Waals surface area (Å²) in [5, 5.41) is 29.4. The minimum absolute atomic E-state index is 0.0350. The molecule has 1 aliphatic rings. The second-order valence-electron chi connectivity index (χ2n) is 6.14. The normalized spacial score (nSPS) is 17.7. The molecule has 4 heteroatoms. The van der Waals surface area contributed by atoms with Crippen molar-refractivity contribution in [2.75, 3.05) is 32.8 Å². The summed E-state index contributed by atoms with van der Waals surface area (Å²) in [6.45, 7) is 1.45. The lowest BCUT2D eigenvalue weighted by Crippen LogP contribution is -2.33. The van der Waals surface area contributed by atoms with Crippen molar-refractivity contribution in [2.45, 2.75) is 31.3 Å². The molecule has 1 aromatic carbocycles. The second-order valence-corrected chi connectivity index (χ2v) is 6.14. The Labute approximate surface area is 138 Å². The highest BCUT2D eigenvalue weighted by Gasteiger charge is 2.38. The van der Waals surface area contributed by atoms with E-state index in [1.165, 1.54) is 0 Å². The zero-order chi connectivity index (χ0) is 16.5. The Balaban J connectivity index is 2.17. The summed E-state index contributed by atoms with van der Waals surface area (Å²) >= 11 is 0. The van der Waals surface area contributed by atoms with Crippen LogP contribution < -0.4 is 0 Å². The summed E-state index contributed by atoms with van der Waals surface area (Å²) in [6, 6.07) is 9.68. The van der Waals surface area contributed by atoms with Gasteiger partial charge in [-0.2, -0.15) is 0 Å². The maximum Gasteiger partial charge on any atom is 0.153 e. The van der Waals surface area contributed by atoms with E-state index in [0.717, 1.165) is 31.2 Å². The van der Waals surface area contributed by atoms with E-state index < -0.39 is 5.60 Å². The van der Waals surface area contributed by atoms with Crippen molar-refractivity contribution < 1.29 is 15.3 Å². The zero-order valence-corrected chi connectivity index (χ0v) is 13.6. The topological polar surface area (TPSA) is 63.9 Å². The maximum absolute atomic E-state index is 11.3. The van der Waals surface area contributed by atoms with Crippen molar-refractivity contribution in [3.8, 4) is 11.8 Å². The predicted molar refractivity (Wildman–Crippen MR) is 90.7 cm³/mol. The first kappa shape index (κ1) is 18.0. The van der Waals surface area contributed by atoms with Crippen molar-refractivity contribution in [3.05, 3.63) is 35.9 Å². The van der Waals surface area contributed by atoms with Gasteiger partial charge in [0, 0.05) is 19.0 Å². The van der Waals surface area contributed by atoms with Crippen LogP contribution in [0.4, 0.5) is 0 Å². The first-order valence-electron chi connectivity index (χ1n) is 8.42. The molecule has 1 fully saturated rings. The fourth-order valence-corrected chi connectivity index (χ4v) is 3.28. The molecule has 0 heterocycles. The molecule has 2 rings (SSSR count). The molecule has 4 nitrogen and oxygen atoms in total. The van der Waals surface area contributed by atoms with Crippen molar-refractivity contribution in [2.24, 2.45) is 5.92 Å². The van der Waals surface area contributed by atoms with Crippen LogP contribution in [-0.4, -0.2) is 53.1 Å². The van der Waals surface area contributed by atoms with Crippen molar-refractivity contribution in [3.63, 3.8) is 0 Å². The highest BCUT2D eigenvalue weighted by Crippen LogP contribution is 2.40. The standard InChI is InChI=1S/C19H27NO3/c21-15-13-20(14-16-22)12-6-11-19(23,18-9-4-5-10-18)17-7-2-1-3-8-17/h1-3,7-8,18,21-23H,4-5,9-10,12-16H2/t19-/m0/s1. The van der Waals surface area contributed by atoms with Gasteiger partial charge in [0.15, 0.2) is 5.60 Å². The van der Waals surface area contributed by atoms with Crippen LogP contribution in [0.2, 0.25) is 0 Å². The summed E-state index contributed by atoms with van der Waals surface area (Å²) in [6.07, 6.45) is 4.28. The first-order valence-corrected chi connectivity index (χ1v) is 8.42. The number of hydrogen-bond acceptors (Lipinski definition) is 4. The third-order valence-electron chi connectivity index (χ3n) is 4.57. The van der Waals surface area contributed by atoms with Crippen molar-refractivity contribution >= 4 is 0 Å². The first-order chi connectivity index (χ1) is 11.2. The van der Waals surface area contributed by atoms with E-state index in [4.69, 9.17) is 10.2 Å². The van der Waals surface area contributed by atoms with E-state index >= 15 is 0 Å². The Morgan fingerprint density at radius 2 is 1.65 bits per heavy atom. The molecule has 0 amide bonds. The minimum atomic E-state index is -1.11. The van der Waals surface area contributed by atoms with E-state index in [2.05, 4.69) is 11.8 Å². The molecule has 1 saturated carbocycles. The summed E-state index contributed by atoms with van der Waals surface area (Å²) in [7, 11) is 0. The van der Waals surface area contributed by atoms with Gasteiger partial charge in [0.2, 0.25) is 0 Å². The SMILES string of the molecule is OCCN(CC#C[C@](O)(c1ccccc1)C1CCCC1)CCO. The van der Waals surface area contributed by atoms with E-state index in [1.807, 2.05) is 35.2 Å². The third-order valence-corrected chi connectivity index (χ3v) is 4.57. The van der Waals surface area contributed by atoms with Gasteiger partial charge in [0.25, 0.3) is 0 Å². The molecule has 0 bridgehead atoms. The van der Waals surface area contributed by atoms with Gasteiger partial charge in [-0.1, -0.05) is 55.0 Å². The predicted octanol–water partition coefficient (Wildman–Crippen LogP) is 1.35. The average molecular weight is 317 g/mol. The van der Waals surface area contributed by atoms with Crippen LogP contribution in [0.15, 0.2) is 30.3 Å². The Morgan fingerprint density at radius 1 is 1.04 bits per heavy atom. The summed E-state index contributed by atoms with van der Waals surface area (Å²) in [5.41, 5.74) is -0.253. The molecule has 0 saturated heterocycles. The lowest BCUT2D eigenvalue weighted by molar-refractivity contribution is 0.0367. The van der Waals surface area contributed by atoms with E-state index in [9.17, 15) is 5.11 Å². The second kappa shape index (κ2) is 9.05. The van der Waals surface area contributed by atoms with Gasteiger partial charge < -0.3 is 15.3 Å². The summed E-state index contributed by atoms with van der Waals surface area (Å²) < 4.78 is 0. The Morgan fingerprint density at radius 3 is 2.22 bits per heavy atom. The van der Waals surface area contributed by atoms with Crippen molar-refractivity contribution in [1.82, 2.24) is 4.90 Å². The van der Waals surface area contributed by atoms with Crippen molar-refractivity contribution in [1.29, 1.82) is 0 Å². The van der Waals surface area contributed by atoms with Gasteiger partial charge in [-0.3, -0.25) is 4.90 Å². The quantitative estimate of drug-likeness (QED) is 0.664. The van der Waals surface area contributed by atoms with Crippen LogP contribution in [0.5, 0.6) is 0 Å². The number of aliphatic hydroxyl groups is 3. The molecular weight excluding hydrogens is 290 g/mol. The highest BCUT2D eigenvalue weighted by molar-refractivity contribution is 5.33. The van der Waals surface area contributed by atoms with Crippen LogP contribution in [0.3, 0.4) is 0 Å². The third kappa shape index (κ3) is 4.79. The molecule has 1 atom stereocenters. The van der Waals surface area contributed by atoms with Gasteiger partial charge in [0.05, 0.1) is 19.8 Å². The number of hydrogen-bond donors (Lipinski definition) is 3. The van der Waals surface area contributed by atoms with Gasteiger partial charge in [-0.25, -0.2) is 0 Å². The number of rotatable bonds is 7. The number of nitrogens with zero attached hydrogens (tertiary/aromatic N) is 1. The molecule has 0 spiro atoms. The molecule has 1 aromatic rings.